The Morgan fingerprint density at radius 3 is 2.72 bits per heavy atom. The van der Waals surface area contributed by atoms with Gasteiger partial charge in [0.2, 0.25) is 10.0 Å². The van der Waals surface area contributed by atoms with Gasteiger partial charge >= 0.3 is 0 Å². The van der Waals surface area contributed by atoms with Gasteiger partial charge in [-0.15, -0.1) is 0 Å². The van der Waals surface area contributed by atoms with Gasteiger partial charge in [-0.25, -0.2) is 13.6 Å². The fourth-order valence-electron chi connectivity index (χ4n) is 2.96. The van der Waals surface area contributed by atoms with Gasteiger partial charge in [0.15, 0.2) is 5.96 Å². The molecule has 1 unspecified atom stereocenters. The van der Waals surface area contributed by atoms with Crippen LogP contribution in [0.1, 0.15) is 18.9 Å². The van der Waals surface area contributed by atoms with E-state index in [2.05, 4.69) is 17.1 Å². The topological polar surface area (TPSA) is 97.0 Å². The van der Waals surface area contributed by atoms with E-state index in [0.29, 0.717) is 12.5 Å². The molecule has 1 aromatic rings. The maximum atomic E-state index is 11.3. The minimum absolute atomic E-state index is 0.134. The van der Waals surface area contributed by atoms with Crippen LogP contribution in [0.25, 0.3) is 0 Å². The molecule has 2 rings (SSSR count). The summed E-state index contributed by atoms with van der Waals surface area (Å²) in [4.78, 5) is 7.11. The molecule has 1 heterocycles. The molecule has 0 aromatic heterocycles. The summed E-state index contributed by atoms with van der Waals surface area (Å²) >= 11 is 0. The molecule has 25 heavy (non-hydrogen) atoms. The van der Waals surface area contributed by atoms with Crippen LogP contribution in [0, 0.1) is 5.92 Å². The molecule has 3 N–H and O–H groups in total. The van der Waals surface area contributed by atoms with Crippen molar-refractivity contribution in [1.29, 1.82) is 0 Å². The molecule has 8 heteroatoms. The molecule has 0 bridgehead atoms. The summed E-state index contributed by atoms with van der Waals surface area (Å²) in [6.07, 6.45) is 1.86. The molecule has 0 aliphatic carbocycles. The lowest BCUT2D eigenvalue weighted by Gasteiger charge is -2.21. The molecule has 0 spiro atoms. The third kappa shape index (κ3) is 5.98. The van der Waals surface area contributed by atoms with E-state index in [1.165, 1.54) is 12.1 Å². The lowest BCUT2D eigenvalue weighted by atomic mass is 10.1. The van der Waals surface area contributed by atoms with Crippen molar-refractivity contribution in [3.63, 3.8) is 0 Å². The van der Waals surface area contributed by atoms with Crippen LogP contribution >= 0.6 is 0 Å². The number of primary sulfonamides is 1. The highest BCUT2D eigenvalue weighted by Gasteiger charge is 2.24. The Morgan fingerprint density at radius 2 is 2.12 bits per heavy atom. The molecule has 1 aliphatic heterocycles. The largest absolute Gasteiger partial charge is 0.384 e. The van der Waals surface area contributed by atoms with Gasteiger partial charge in [0.25, 0.3) is 0 Å². The second kappa shape index (κ2) is 9.17. The number of guanidine groups is 1. The second-order valence-corrected chi connectivity index (χ2v) is 7.79. The monoisotopic (exact) mass is 368 g/mol. The van der Waals surface area contributed by atoms with Crippen molar-refractivity contribution >= 4 is 16.0 Å². The SMILES string of the molecule is CCNC(=NCCc1ccc(S(N)(=O)=O)cc1)N1CCC(COC)C1. The maximum Gasteiger partial charge on any atom is 0.238 e. The van der Waals surface area contributed by atoms with Crippen molar-refractivity contribution in [3.8, 4) is 0 Å². The first kappa shape index (κ1) is 19.7. The molecule has 1 saturated heterocycles. The summed E-state index contributed by atoms with van der Waals surface area (Å²) in [5.74, 6) is 1.49. The average molecular weight is 369 g/mol. The molecule has 0 radical (unpaired) electrons. The van der Waals surface area contributed by atoms with Gasteiger partial charge < -0.3 is 15.0 Å². The molecule has 1 aromatic carbocycles. The van der Waals surface area contributed by atoms with Crippen LogP contribution in [0.4, 0.5) is 0 Å². The van der Waals surface area contributed by atoms with Gasteiger partial charge in [0, 0.05) is 39.2 Å². The minimum atomic E-state index is -3.64. The fourth-order valence-corrected chi connectivity index (χ4v) is 3.47. The zero-order chi connectivity index (χ0) is 18.3. The Labute approximate surface area is 150 Å². The molecular weight excluding hydrogens is 340 g/mol. The van der Waals surface area contributed by atoms with Gasteiger partial charge in [0.05, 0.1) is 11.5 Å². The summed E-state index contributed by atoms with van der Waals surface area (Å²) < 4.78 is 27.8. The lowest BCUT2D eigenvalue weighted by molar-refractivity contribution is 0.157. The number of ether oxygens (including phenoxy) is 1. The predicted molar refractivity (Wildman–Crippen MR) is 99.1 cm³/mol. The normalized spacial score (nSPS) is 18.6. The number of nitrogens with one attached hydrogen (secondary N) is 1. The average Bonchev–Trinajstić information content (AvgIpc) is 3.02. The number of nitrogens with two attached hydrogens (primary N) is 1. The van der Waals surface area contributed by atoms with Crippen molar-refractivity contribution in [2.24, 2.45) is 16.0 Å². The molecule has 1 aliphatic rings. The number of hydrogen-bond acceptors (Lipinski definition) is 4. The predicted octanol–water partition coefficient (Wildman–Crippen LogP) is 0.810. The van der Waals surface area contributed by atoms with Crippen LogP contribution in [0.3, 0.4) is 0 Å². The van der Waals surface area contributed by atoms with E-state index in [0.717, 1.165) is 50.6 Å². The third-order valence-electron chi connectivity index (χ3n) is 4.24. The fraction of sp³-hybridized carbons (Fsp3) is 0.588. The van der Waals surface area contributed by atoms with E-state index in [9.17, 15) is 8.42 Å². The van der Waals surface area contributed by atoms with Crippen molar-refractivity contribution in [2.75, 3.05) is 39.9 Å². The number of hydrogen-bond donors (Lipinski definition) is 2. The molecule has 140 valence electrons. The van der Waals surface area contributed by atoms with Crippen molar-refractivity contribution in [2.45, 2.75) is 24.7 Å². The number of rotatable bonds is 7. The molecule has 1 atom stereocenters. The maximum absolute atomic E-state index is 11.3. The summed E-state index contributed by atoms with van der Waals surface area (Å²) in [6.45, 7) is 6.26. The van der Waals surface area contributed by atoms with Crippen LogP contribution in [0.15, 0.2) is 34.2 Å². The van der Waals surface area contributed by atoms with Gasteiger partial charge in [-0.05, 0) is 37.5 Å². The second-order valence-electron chi connectivity index (χ2n) is 6.23. The molecule has 0 saturated carbocycles. The molecule has 1 fully saturated rings. The quantitative estimate of drug-likeness (QED) is 0.548. The summed E-state index contributed by atoms with van der Waals surface area (Å²) in [5.41, 5.74) is 1.03. The number of likely N-dealkylation sites (tertiary alicyclic amines) is 1. The number of methoxy groups -OCH3 is 1. The third-order valence-corrected chi connectivity index (χ3v) is 5.17. The minimum Gasteiger partial charge on any atom is -0.384 e. The van der Waals surface area contributed by atoms with Gasteiger partial charge in [-0.3, -0.25) is 4.99 Å². The highest BCUT2D eigenvalue weighted by atomic mass is 32.2. The highest BCUT2D eigenvalue weighted by molar-refractivity contribution is 7.89. The summed E-state index contributed by atoms with van der Waals surface area (Å²) in [6, 6.07) is 6.64. The van der Waals surface area contributed by atoms with Crippen molar-refractivity contribution in [3.05, 3.63) is 29.8 Å². The first-order chi connectivity index (χ1) is 11.9. The standard InChI is InChI=1S/C17H28N4O3S/c1-3-19-17(21-11-9-15(12-21)13-24-2)20-10-8-14-4-6-16(7-5-14)25(18,22)23/h4-7,15H,3,8-13H2,1-2H3,(H,19,20)(H2,18,22,23). The van der Waals surface area contributed by atoms with E-state index in [-0.39, 0.29) is 4.90 Å². The van der Waals surface area contributed by atoms with Gasteiger partial charge in [-0.1, -0.05) is 12.1 Å². The Bertz CT molecular complexity index is 674. The smallest absolute Gasteiger partial charge is 0.238 e. The Balaban J connectivity index is 1.93. The van der Waals surface area contributed by atoms with E-state index < -0.39 is 10.0 Å². The van der Waals surface area contributed by atoms with Crippen LogP contribution in [-0.2, 0) is 21.2 Å². The number of benzene rings is 1. The number of sulfonamides is 1. The molecular formula is C17H28N4O3S. The Kier molecular flexibility index (Phi) is 7.22. The van der Waals surface area contributed by atoms with Crippen molar-refractivity contribution in [1.82, 2.24) is 10.2 Å². The first-order valence-corrected chi connectivity index (χ1v) is 10.1. The van der Waals surface area contributed by atoms with Gasteiger partial charge in [-0.2, -0.15) is 0 Å². The Hall–Kier alpha value is -1.64. The van der Waals surface area contributed by atoms with Crippen molar-refractivity contribution < 1.29 is 13.2 Å². The van der Waals surface area contributed by atoms with Crippen LogP contribution < -0.4 is 10.5 Å². The number of nitrogens with zero attached hydrogens (tertiary/aromatic N) is 2. The summed E-state index contributed by atoms with van der Waals surface area (Å²) in [7, 11) is -1.90. The van der Waals surface area contributed by atoms with E-state index >= 15 is 0 Å². The Morgan fingerprint density at radius 1 is 1.40 bits per heavy atom. The lowest BCUT2D eigenvalue weighted by Crippen LogP contribution is -2.40. The van der Waals surface area contributed by atoms with Crippen LogP contribution in [-0.4, -0.2) is 59.2 Å². The first-order valence-electron chi connectivity index (χ1n) is 8.58. The number of aliphatic imine (C=N–C) groups is 1. The van der Waals surface area contributed by atoms with E-state index in [4.69, 9.17) is 14.9 Å². The van der Waals surface area contributed by atoms with E-state index in [1.54, 1.807) is 19.2 Å². The van der Waals surface area contributed by atoms with Crippen LogP contribution in [0.2, 0.25) is 0 Å². The van der Waals surface area contributed by atoms with Crippen LogP contribution in [0.5, 0.6) is 0 Å². The molecule has 7 nitrogen and oxygen atoms in total. The summed E-state index contributed by atoms with van der Waals surface area (Å²) in [5, 5.41) is 8.45. The molecule has 0 amide bonds. The highest BCUT2D eigenvalue weighted by Crippen LogP contribution is 2.16. The van der Waals surface area contributed by atoms with Gasteiger partial charge in [0.1, 0.15) is 0 Å². The van der Waals surface area contributed by atoms with E-state index in [1.807, 2.05) is 0 Å². The zero-order valence-electron chi connectivity index (χ0n) is 14.9. The zero-order valence-corrected chi connectivity index (χ0v) is 15.8.